The molecule has 4 rings (SSSR count). The van der Waals surface area contributed by atoms with E-state index >= 15 is 0 Å². The van der Waals surface area contributed by atoms with Crippen LogP contribution in [0.4, 0.5) is 17.2 Å². The van der Waals surface area contributed by atoms with Crippen LogP contribution >= 0.6 is 0 Å². The van der Waals surface area contributed by atoms with Gasteiger partial charge in [0.2, 0.25) is 5.91 Å². The molecule has 1 aromatic carbocycles. The predicted octanol–water partition coefficient (Wildman–Crippen LogP) is 3.14. The summed E-state index contributed by atoms with van der Waals surface area (Å²) < 4.78 is 0. The summed E-state index contributed by atoms with van der Waals surface area (Å²) in [4.78, 5) is 24.1. The van der Waals surface area contributed by atoms with E-state index in [-0.39, 0.29) is 5.91 Å². The number of carbonyl (C=O) groups is 1. The number of carbonyl (C=O) groups excluding carboxylic acids is 1. The molecule has 1 fully saturated rings. The fourth-order valence-corrected chi connectivity index (χ4v) is 3.91. The van der Waals surface area contributed by atoms with Gasteiger partial charge in [-0.1, -0.05) is 25.5 Å². The summed E-state index contributed by atoms with van der Waals surface area (Å²) in [5, 5.41) is 6.58. The first-order valence-corrected chi connectivity index (χ1v) is 9.37. The van der Waals surface area contributed by atoms with Gasteiger partial charge in [-0.15, -0.1) is 0 Å². The van der Waals surface area contributed by atoms with Crippen LogP contribution < -0.4 is 15.5 Å². The van der Waals surface area contributed by atoms with Crippen LogP contribution in [0.1, 0.15) is 37.6 Å². The van der Waals surface area contributed by atoms with Crippen LogP contribution in [0, 0.1) is 6.92 Å². The van der Waals surface area contributed by atoms with E-state index < -0.39 is 5.54 Å². The molecule has 2 aliphatic rings. The molecule has 0 bridgehead atoms. The van der Waals surface area contributed by atoms with E-state index in [9.17, 15) is 4.79 Å². The molecule has 2 aliphatic heterocycles. The number of para-hydroxylation sites is 2. The molecule has 2 aromatic rings. The molecule has 0 radical (unpaired) electrons. The standard InChI is InChI=1S/C20H25N5O/c1-3-6-15-13-21-14(2)22-18(15)25-11-9-20(10-12-25)19(26)23-16-7-4-5-8-17(16)24-20/h4-5,7-8,13,24H,3,6,9-12H2,1-2H3,(H,23,26). The maximum atomic E-state index is 12.8. The first-order valence-electron chi connectivity index (χ1n) is 9.37. The van der Waals surface area contributed by atoms with E-state index in [1.165, 1.54) is 5.56 Å². The lowest BCUT2D eigenvalue weighted by Gasteiger charge is -2.44. The number of amides is 1. The number of hydrogen-bond donors (Lipinski definition) is 2. The maximum absolute atomic E-state index is 12.8. The van der Waals surface area contributed by atoms with Crippen molar-refractivity contribution in [3.8, 4) is 0 Å². The van der Waals surface area contributed by atoms with Crippen molar-refractivity contribution in [3.63, 3.8) is 0 Å². The maximum Gasteiger partial charge on any atom is 0.250 e. The fourth-order valence-electron chi connectivity index (χ4n) is 3.91. The summed E-state index contributed by atoms with van der Waals surface area (Å²) in [5.41, 5.74) is 2.53. The lowest BCUT2D eigenvalue weighted by molar-refractivity contribution is -0.121. The third-order valence-electron chi connectivity index (χ3n) is 5.38. The highest BCUT2D eigenvalue weighted by Crippen LogP contribution is 2.37. The van der Waals surface area contributed by atoms with Crippen LogP contribution in [0.3, 0.4) is 0 Å². The number of nitrogens with zero attached hydrogens (tertiary/aromatic N) is 3. The Hall–Kier alpha value is -2.63. The number of nitrogens with one attached hydrogen (secondary N) is 2. The fraction of sp³-hybridized carbons (Fsp3) is 0.450. The van der Waals surface area contributed by atoms with E-state index in [2.05, 4.69) is 27.4 Å². The zero-order valence-corrected chi connectivity index (χ0v) is 15.4. The molecular formula is C20H25N5O. The Bertz CT molecular complexity index is 827. The SMILES string of the molecule is CCCc1cnc(C)nc1N1CCC2(CC1)Nc1ccccc1NC2=O. The second-order valence-electron chi connectivity index (χ2n) is 7.21. The largest absolute Gasteiger partial charge is 0.369 e. The number of benzene rings is 1. The van der Waals surface area contributed by atoms with E-state index in [0.29, 0.717) is 0 Å². The Morgan fingerprint density at radius 2 is 1.92 bits per heavy atom. The first kappa shape index (κ1) is 16.8. The minimum atomic E-state index is -0.530. The van der Waals surface area contributed by atoms with Crippen LogP contribution in [0.15, 0.2) is 30.5 Å². The number of fused-ring (bicyclic) bond motifs is 1. The molecule has 3 heterocycles. The average Bonchev–Trinajstić information content (AvgIpc) is 2.65. The van der Waals surface area contributed by atoms with Gasteiger partial charge in [0.15, 0.2) is 0 Å². The molecule has 1 spiro atoms. The second kappa shape index (κ2) is 6.59. The lowest BCUT2D eigenvalue weighted by Crippen LogP contribution is -2.58. The van der Waals surface area contributed by atoms with E-state index in [4.69, 9.17) is 4.98 Å². The monoisotopic (exact) mass is 351 g/mol. The van der Waals surface area contributed by atoms with Gasteiger partial charge in [0.25, 0.3) is 0 Å². The van der Waals surface area contributed by atoms with Crippen molar-refractivity contribution >= 4 is 23.1 Å². The molecule has 6 nitrogen and oxygen atoms in total. The number of anilines is 3. The van der Waals surface area contributed by atoms with Crippen molar-refractivity contribution in [2.75, 3.05) is 28.6 Å². The lowest BCUT2D eigenvalue weighted by atomic mass is 9.84. The van der Waals surface area contributed by atoms with Gasteiger partial charge in [-0.2, -0.15) is 0 Å². The van der Waals surface area contributed by atoms with Crippen LogP contribution in [0.25, 0.3) is 0 Å². The Balaban J connectivity index is 1.55. The number of aromatic nitrogens is 2. The molecule has 0 unspecified atom stereocenters. The van der Waals surface area contributed by atoms with Gasteiger partial charge < -0.3 is 15.5 Å². The molecule has 6 heteroatoms. The van der Waals surface area contributed by atoms with Gasteiger partial charge >= 0.3 is 0 Å². The normalized spacial score (nSPS) is 18.2. The van der Waals surface area contributed by atoms with Crippen LogP contribution in [0.5, 0.6) is 0 Å². The smallest absolute Gasteiger partial charge is 0.250 e. The topological polar surface area (TPSA) is 70.2 Å². The van der Waals surface area contributed by atoms with Gasteiger partial charge in [0.1, 0.15) is 17.2 Å². The first-order chi connectivity index (χ1) is 12.6. The van der Waals surface area contributed by atoms with Gasteiger partial charge in [0.05, 0.1) is 11.4 Å². The highest BCUT2D eigenvalue weighted by Gasteiger charge is 2.44. The zero-order valence-electron chi connectivity index (χ0n) is 15.4. The van der Waals surface area contributed by atoms with Gasteiger partial charge in [0, 0.05) is 24.8 Å². The summed E-state index contributed by atoms with van der Waals surface area (Å²) in [7, 11) is 0. The highest BCUT2D eigenvalue weighted by atomic mass is 16.2. The molecule has 1 aromatic heterocycles. The summed E-state index contributed by atoms with van der Waals surface area (Å²) >= 11 is 0. The summed E-state index contributed by atoms with van der Waals surface area (Å²) in [6.45, 7) is 5.70. The van der Waals surface area contributed by atoms with E-state index in [0.717, 1.165) is 61.8 Å². The second-order valence-corrected chi connectivity index (χ2v) is 7.21. The quantitative estimate of drug-likeness (QED) is 0.889. The third kappa shape index (κ3) is 2.89. The number of hydrogen-bond acceptors (Lipinski definition) is 5. The van der Waals surface area contributed by atoms with E-state index in [1.54, 1.807) is 0 Å². The molecule has 2 N–H and O–H groups in total. The number of piperidine rings is 1. The minimum Gasteiger partial charge on any atom is -0.369 e. The summed E-state index contributed by atoms with van der Waals surface area (Å²) in [6, 6.07) is 7.89. The van der Waals surface area contributed by atoms with Crippen molar-refractivity contribution in [2.24, 2.45) is 0 Å². The average molecular weight is 351 g/mol. The Kier molecular flexibility index (Phi) is 4.26. The van der Waals surface area contributed by atoms with Crippen molar-refractivity contribution in [2.45, 2.75) is 45.1 Å². The highest BCUT2D eigenvalue weighted by molar-refractivity contribution is 6.06. The minimum absolute atomic E-state index is 0.0727. The van der Waals surface area contributed by atoms with Gasteiger partial charge in [-0.05, 0) is 38.3 Å². The summed E-state index contributed by atoms with van der Waals surface area (Å²) in [5.74, 6) is 1.90. The molecule has 26 heavy (non-hydrogen) atoms. The Labute approximate surface area is 154 Å². The molecule has 136 valence electrons. The molecular weight excluding hydrogens is 326 g/mol. The third-order valence-corrected chi connectivity index (χ3v) is 5.38. The van der Waals surface area contributed by atoms with Crippen molar-refractivity contribution in [1.82, 2.24) is 9.97 Å². The van der Waals surface area contributed by atoms with Gasteiger partial charge in [-0.3, -0.25) is 4.79 Å². The summed E-state index contributed by atoms with van der Waals surface area (Å²) in [6.07, 6.45) is 5.50. The Morgan fingerprint density at radius 3 is 2.65 bits per heavy atom. The number of rotatable bonds is 3. The van der Waals surface area contributed by atoms with E-state index in [1.807, 2.05) is 37.4 Å². The van der Waals surface area contributed by atoms with Crippen LogP contribution in [0.2, 0.25) is 0 Å². The van der Waals surface area contributed by atoms with Gasteiger partial charge in [-0.25, -0.2) is 9.97 Å². The van der Waals surface area contributed by atoms with Crippen molar-refractivity contribution in [1.29, 1.82) is 0 Å². The van der Waals surface area contributed by atoms with Crippen LogP contribution in [-0.4, -0.2) is 34.5 Å². The van der Waals surface area contributed by atoms with Crippen molar-refractivity contribution < 1.29 is 4.79 Å². The molecule has 1 amide bonds. The van der Waals surface area contributed by atoms with Crippen LogP contribution in [-0.2, 0) is 11.2 Å². The zero-order chi connectivity index (χ0) is 18.1. The predicted molar refractivity (Wildman–Crippen MR) is 104 cm³/mol. The Morgan fingerprint density at radius 1 is 1.19 bits per heavy atom. The molecule has 1 saturated heterocycles. The molecule has 0 atom stereocenters. The van der Waals surface area contributed by atoms with Crippen molar-refractivity contribution in [3.05, 3.63) is 41.9 Å². The molecule has 0 saturated carbocycles. The number of aryl methyl sites for hydroxylation is 2. The molecule has 0 aliphatic carbocycles.